The maximum absolute atomic E-state index is 12.0. The van der Waals surface area contributed by atoms with Crippen LogP contribution in [0.1, 0.15) is 10.4 Å². The molecule has 0 spiro atoms. The normalized spacial score (nSPS) is 10.1. The molecule has 0 aliphatic heterocycles. The van der Waals surface area contributed by atoms with Gasteiger partial charge in [-0.25, -0.2) is 9.78 Å². The quantitative estimate of drug-likeness (QED) is 0.484. The van der Waals surface area contributed by atoms with Gasteiger partial charge in [0, 0.05) is 18.2 Å². The molecule has 6 heteroatoms. The molecular weight excluding hydrogens is 340 g/mol. The van der Waals surface area contributed by atoms with E-state index >= 15 is 0 Å². The second-order valence-electron chi connectivity index (χ2n) is 5.66. The first-order valence-corrected chi connectivity index (χ1v) is 8.45. The largest absolute Gasteiger partial charge is 0.465 e. The van der Waals surface area contributed by atoms with E-state index in [9.17, 15) is 4.79 Å². The third-order valence-corrected chi connectivity index (χ3v) is 3.80. The molecule has 0 atom stereocenters. The maximum atomic E-state index is 12.0. The third kappa shape index (κ3) is 4.49. The number of carbonyl (C=O) groups excluding carboxylic acids is 1. The molecule has 0 saturated heterocycles. The van der Waals surface area contributed by atoms with Gasteiger partial charge in [0.25, 0.3) is 0 Å². The molecule has 1 aromatic heterocycles. The van der Waals surface area contributed by atoms with E-state index in [1.165, 1.54) is 7.11 Å². The molecule has 0 bridgehead atoms. The second-order valence-corrected chi connectivity index (χ2v) is 5.66. The molecular formula is C21H20N4O2. The van der Waals surface area contributed by atoms with Crippen LogP contribution >= 0.6 is 0 Å². The Labute approximate surface area is 157 Å². The van der Waals surface area contributed by atoms with Crippen LogP contribution < -0.4 is 10.6 Å². The molecule has 6 nitrogen and oxygen atoms in total. The van der Waals surface area contributed by atoms with E-state index in [0.717, 1.165) is 11.3 Å². The highest BCUT2D eigenvalue weighted by atomic mass is 16.5. The fourth-order valence-corrected chi connectivity index (χ4v) is 2.53. The van der Waals surface area contributed by atoms with E-state index in [1.807, 2.05) is 42.5 Å². The van der Waals surface area contributed by atoms with Gasteiger partial charge in [-0.05, 0) is 12.1 Å². The van der Waals surface area contributed by atoms with Gasteiger partial charge >= 0.3 is 5.97 Å². The summed E-state index contributed by atoms with van der Waals surface area (Å²) in [7, 11) is 1.36. The van der Waals surface area contributed by atoms with Crippen LogP contribution in [0.3, 0.4) is 0 Å². The Kier molecular flexibility index (Phi) is 5.79. The van der Waals surface area contributed by atoms with Crippen molar-refractivity contribution in [3.63, 3.8) is 0 Å². The second kappa shape index (κ2) is 8.62. The number of carbonyl (C=O) groups is 1. The Balaban J connectivity index is 2.00. The highest BCUT2D eigenvalue weighted by Crippen LogP contribution is 2.25. The van der Waals surface area contributed by atoms with Gasteiger partial charge in [0.05, 0.1) is 24.1 Å². The molecule has 0 aliphatic carbocycles. The van der Waals surface area contributed by atoms with Gasteiger partial charge in [-0.1, -0.05) is 48.5 Å². The molecule has 27 heavy (non-hydrogen) atoms. The number of anilines is 3. The lowest BCUT2D eigenvalue weighted by atomic mass is 10.1. The number of para-hydroxylation sites is 1. The van der Waals surface area contributed by atoms with E-state index < -0.39 is 5.97 Å². The number of ether oxygens (including phenoxy) is 1. The topological polar surface area (TPSA) is 76.1 Å². The number of hydrogen-bond donors (Lipinski definition) is 2. The minimum Gasteiger partial charge on any atom is -0.465 e. The van der Waals surface area contributed by atoms with Gasteiger partial charge in [-0.2, -0.15) is 4.98 Å². The van der Waals surface area contributed by atoms with E-state index in [0.29, 0.717) is 29.6 Å². The number of methoxy groups -OCH3 is 1. The van der Waals surface area contributed by atoms with E-state index in [4.69, 9.17) is 4.74 Å². The van der Waals surface area contributed by atoms with E-state index in [2.05, 4.69) is 27.2 Å². The fraction of sp³-hybridized carbons (Fsp3) is 0.0952. The molecule has 0 fully saturated rings. The number of nitrogens with one attached hydrogen (secondary N) is 2. The van der Waals surface area contributed by atoms with Crippen molar-refractivity contribution in [2.45, 2.75) is 0 Å². The standard InChI is InChI=1S/C21H20N4O2/c1-3-13-22-21-24-18(15-9-5-4-6-10-15)14-19(25-21)23-17-12-8-7-11-16(17)20(26)27-2/h3-12,14H,1,13H2,2H3,(H2,22,23,24,25). The average Bonchev–Trinajstić information content (AvgIpc) is 2.72. The Morgan fingerprint density at radius 3 is 2.59 bits per heavy atom. The zero-order valence-electron chi connectivity index (χ0n) is 15.0. The monoisotopic (exact) mass is 360 g/mol. The zero-order chi connectivity index (χ0) is 19.1. The highest BCUT2D eigenvalue weighted by Gasteiger charge is 2.13. The van der Waals surface area contributed by atoms with Crippen LogP contribution in [0.4, 0.5) is 17.5 Å². The summed E-state index contributed by atoms with van der Waals surface area (Å²) in [6.07, 6.45) is 1.73. The Morgan fingerprint density at radius 2 is 1.85 bits per heavy atom. The molecule has 3 rings (SSSR count). The van der Waals surface area contributed by atoms with Gasteiger partial charge in [0.15, 0.2) is 0 Å². The summed E-state index contributed by atoms with van der Waals surface area (Å²) in [6, 6.07) is 18.8. The predicted molar refractivity (Wildman–Crippen MR) is 107 cm³/mol. The van der Waals surface area contributed by atoms with Crippen LogP contribution in [-0.4, -0.2) is 29.6 Å². The van der Waals surface area contributed by atoms with Crippen molar-refractivity contribution in [3.05, 3.63) is 78.9 Å². The average molecular weight is 360 g/mol. The summed E-state index contributed by atoms with van der Waals surface area (Å²) in [4.78, 5) is 21.0. The van der Waals surface area contributed by atoms with Gasteiger partial charge in [0.2, 0.25) is 5.95 Å². The summed E-state index contributed by atoms with van der Waals surface area (Å²) < 4.78 is 4.85. The lowest BCUT2D eigenvalue weighted by Gasteiger charge is -2.13. The van der Waals surface area contributed by atoms with Crippen molar-refractivity contribution in [3.8, 4) is 11.3 Å². The number of nitrogens with zero attached hydrogens (tertiary/aromatic N) is 2. The van der Waals surface area contributed by atoms with Gasteiger partial charge in [-0.15, -0.1) is 6.58 Å². The molecule has 136 valence electrons. The van der Waals surface area contributed by atoms with Gasteiger partial charge in [0.1, 0.15) is 5.82 Å². The van der Waals surface area contributed by atoms with Gasteiger partial charge < -0.3 is 15.4 Å². The summed E-state index contributed by atoms with van der Waals surface area (Å²) in [6.45, 7) is 4.24. The molecule has 3 aromatic rings. The fourth-order valence-electron chi connectivity index (χ4n) is 2.53. The first-order chi connectivity index (χ1) is 13.2. The number of aromatic nitrogens is 2. The van der Waals surface area contributed by atoms with Crippen molar-refractivity contribution in [2.24, 2.45) is 0 Å². The third-order valence-electron chi connectivity index (χ3n) is 3.80. The molecule has 2 N–H and O–H groups in total. The van der Waals surface area contributed by atoms with Crippen LogP contribution in [0.2, 0.25) is 0 Å². The lowest BCUT2D eigenvalue weighted by Crippen LogP contribution is -2.08. The molecule has 0 aliphatic rings. The molecule has 0 saturated carbocycles. The van der Waals surface area contributed by atoms with Crippen molar-refractivity contribution < 1.29 is 9.53 Å². The summed E-state index contributed by atoms with van der Waals surface area (Å²) in [5, 5.41) is 6.30. The number of rotatable bonds is 7. The van der Waals surface area contributed by atoms with E-state index in [1.54, 1.807) is 24.3 Å². The minimum atomic E-state index is -0.416. The molecule has 0 amide bonds. The smallest absolute Gasteiger partial charge is 0.339 e. The highest BCUT2D eigenvalue weighted by molar-refractivity contribution is 5.96. The number of benzene rings is 2. The predicted octanol–water partition coefficient (Wildman–Crippen LogP) is 4.27. The Morgan fingerprint density at radius 1 is 1.11 bits per heavy atom. The van der Waals surface area contributed by atoms with Crippen LogP contribution in [-0.2, 0) is 4.74 Å². The number of hydrogen-bond acceptors (Lipinski definition) is 6. The molecule has 0 radical (unpaired) electrons. The Bertz CT molecular complexity index is 942. The minimum absolute atomic E-state index is 0.416. The summed E-state index contributed by atoms with van der Waals surface area (Å²) in [5.41, 5.74) is 2.76. The molecule has 1 heterocycles. The molecule has 0 unspecified atom stereocenters. The van der Waals surface area contributed by atoms with Crippen molar-refractivity contribution in [1.29, 1.82) is 0 Å². The van der Waals surface area contributed by atoms with Crippen molar-refractivity contribution in [2.75, 3.05) is 24.3 Å². The van der Waals surface area contributed by atoms with Crippen LogP contribution in [0.25, 0.3) is 11.3 Å². The molecule has 2 aromatic carbocycles. The van der Waals surface area contributed by atoms with Crippen molar-refractivity contribution in [1.82, 2.24) is 9.97 Å². The first-order valence-electron chi connectivity index (χ1n) is 8.45. The summed E-state index contributed by atoms with van der Waals surface area (Å²) in [5.74, 6) is 0.613. The van der Waals surface area contributed by atoms with Crippen molar-refractivity contribution >= 4 is 23.4 Å². The van der Waals surface area contributed by atoms with Gasteiger partial charge in [-0.3, -0.25) is 0 Å². The maximum Gasteiger partial charge on any atom is 0.339 e. The first kappa shape index (κ1) is 18.1. The van der Waals surface area contributed by atoms with E-state index in [-0.39, 0.29) is 0 Å². The summed E-state index contributed by atoms with van der Waals surface area (Å²) >= 11 is 0. The van der Waals surface area contributed by atoms with Crippen LogP contribution in [0.5, 0.6) is 0 Å². The lowest BCUT2D eigenvalue weighted by molar-refractivity contribution is 0.0602. The number of esters is 1. The Hall–Kier alpha value is -3.67. The SMILES string of the molecule is C=CCNc1nc(Nc2ccccc2C(=O)OC)cc(-c2ccccc2)n1. The van der Waals surface area contributed by atoms with Crippen LogP contribution in [0.15, 0.2) is 73.3 Å². The zero-order valence-corrected chi connectivity index (χ0v) is 15.0. The van der Waals surface area contributed by atoms with Crippen LogP contribution in [0, 0.1) is 0 Å².